The van der Waals surface area contributed by atoms with Gasteiger partial charge < -0.3 is 0 Å². The molecule has 0 spiro atoms. The van der Waals surface area contributed by atoms with E-state index >= 15 is 0 Å². The molecule has 0 saturated carbocycles. The van der Waals surface area contributed by atoms with Crippen LogP contribution in [0.15, 0.2) is 59.7 Å². The molecule has 4 aliphatic carbocycles. The number of rotatable bonds is 0. The first kappa shape index (κ1) is 35.2. The van der Waals surface area contributed by atoms with E-state index in [1.54, 1.807) is 22.3 Å². The second-order valence-corrected chi connectivity index (χ2v) is 18.4. The summed E-state index contributed by atoms with van der Waals surface area (Å²) in [6.45, 7) is 17.9. The van der Waals surface area contributed by atoms with E-state index < -0.39 is 0 Å². The molecule has 38 heavy (non-hydrogen) atoms. The van der Waals surface area contributed by atoms with Gasteiger partial charge in [0.25, 0.3) is 0 Å². The Morgan fingerprint density at radius 2 is 0.921 bits per heavy atom. The number of benzene rings is 2. The summed E-state index contributed by atoms with van der Waals surface area (Å²) in [5.41, 5.74) is 12.6. The minimum atomic E-state index is 0. The van der Waals surface area contributed by atoms with E-state index in [0.717, 1.165) is 9.52 Å². The minimum absolute atomic E-state index is 0. The normalized spacial score (nSPS) is 15.6. The molecule has 0 aliphatic heterocycles. The Hall–Kier alpha value is -0.806. The van der Waals surface area contributed by atoms with Gasteiger partial charge in [-0.05, 0) is 12.8 Å². The predicted octanol–water partition coefficient (Wildman–Crippen LogP) is 10.3. The van der Waals surface area contributed by atoms with Gasteiger partial charge in [-0.25, -0.2) is 24.0 Å². The zero-order chi connectivity index (χ0) is 27.2. The molecule has 0 amide bonds. The summed E-state index contributed by atoms with van der Waals surface area (Å²) in [6.07, 6.45) is 15.1. The van der Waals surface area contributed by atoms with Crippen LogP contribution in [0.3, 0.4) is 0 Å². The van der Waals surface area contributed by atoms with Gasteiger partial charge in [0.15, 0.2) is 0 Å². The fourth-order valence-electron chi connectivity index (χ4n) is 5.00. The summed E-state index contributed by atoms with van der Waals surface area (Å²) in [5, 5.41) is 0. The summed E-state index contributed by atoms with van der Waals surface area (Å²) < 4.78 is 0. The Labute approximate surface area is 261 Å². The van der Waals surface area contributed by atoms with Crippen LogP contribution in [0.25, 0.3) is 11.1 Å². The minimum Gasteiger partial charge on any atom is -0.226 e. The topological polar surface area (TPSA) is 0 Å². The van der Waals surface area contributed by atoms with Gasteiger partial charge in [0.1, 0.15) is 0 Å². The van der Waals surface area contributed by atoms with Gasteiger partial charge in [0.05, 0.1) is 0 Å². The van der Waals surface area contributed by atoms with Crippen LogP contribution in [-0.2, 0) is 39.0 Å². The fourth-order valence-corrected chi connectivity index (χ4v) is 5.00. The van der Waals surface area contributed by atoms with Crippen LogP contribution in [0.1, 0.15) is 60.8 Å². The van der Waals surface area contributed by atoms with Crippen LogP contribution in [0.2, 0.25) is 52.4 Å². The van der Waals surface area contributed by atoms with Crippen LogP contribution in [0.4, 0.5) is 0 Å². The Morgan fingerprint density at radius 1 is 0.605 bits per heavy atom. The first-order valence-electron chi connectivity index (χ1n) is 14.2. The molecule has 6 rings (SSSR count). The second kappa shape index (κ2) is 19.3. The maximum Gasteiger partial charge on any atom is 2.00 e. The zero-order valence-corrected chi connectivity index (χ0v) is 30.9. The van der Waals surface area contributed by atoms with Crippen molar-refractivity contribution in [2.45, 2.75) is 104 Å². The third-order valence-corrected chi connectivity index (χ3v) is 6.27. The van der Waals surface area contributed by atoms with Gasteiger partial charge >= 0.3 is 26.2 Å². The average molecular weight is 634 g/mol. The molecule has 0 nitrogen and oxygen atoms in total. The van der Waals surface area contributed by atoms with Gasteiger partial charge in [0, 0.05) is 27.1 Å². The van der Waals surface area contributed by atoms with Crippen molar-refractivity contribution in [3.63, 3.8) is 0 Å². The molecule has 4 aliphatic rings. The Morgan fingerprint density at radius 3 is 1.26 bits per heavy atom. The maximum atomic E-state index is 2.43. The van der Waals surface area contributed by atoms with Crippen LogP contribution in [-0.4, -0.2) is 27.1 Å². The van der Waals surface area contributed by atoms with Crippen LogP contribution < -0.4 is 0 Å². The van der Waals surface area contributed by atoms with Crippen molar-refractivity contribution in [2.75, 3.05) is 0 Å². The molecular formula is C34H50Si3Zr. The quantitative estimate of drug-likeness (QED) is 0.200. The molecule has 2 aromatic rings. The molecular weight excluding hydrogens is 584 g/mol. The summed E-state index contributed by atoms with van der Waals surface area (Å²) >= 11 is 0. The molecule has 0 atom stereocenters. The Bertz CT molecular complexity index is 933. The SMILES string of the molecule is C[Si](C)C.C[Si](C)C.C[Si]C.[Zr+2].c1ccc2c(c1)CC1=C2CCC[CH-]1.c1ccc2c(c1)CC1=C2CCC[CH-]1. The molecule has 0 unspecified atom stereocenters. The van der Waals surface area contributed by atoms with E-state index in [-0.39, 0.29) is 43.8 Å². The Balaban J connectivity index is 0.000000272. The predicted molar refractivity (Wildman–Crippen MR) is 175 cm³/mol. The second-order valence-electron chi connectivity index (χ2n) is 11.4. The van der Waals surface area contributed by atoms with Gasteiger partial charge in [0.2, 0.25) is 0 Å². The summed E-state index contributed by atoms with van der Waals surface area (Å²) in [7, 11) is 1.32. The van der Waals surface area contributed by atoms with Crippen LogP contribution in [0.5, 0.6) is 0 Å². The molecule has 0 aromatic heterocycles. The molecule has 202 valence electrons. The van der Waals surface area contributed by atoms with E-state index in [2.05, 4.69) is 114 Å². The zero-order valence-electron chi connectivity index (χ0n) is 25.4. The summed E-state index contributed by atoms with van der Waals surface area (Å²) in [5.74, 6) is 0. The largest absolute Gasteiger partial charge is 2.00 e. The standard InChI is InChI=1S/2C13H13.2C3H9Si.C2H6Si.Zr/c2*1-3-7-12-10(5-1)9-11-6-2-4-8-13(11)12;2*1-4(2)3;1-3-2;/h2*1,3,5-7H,2,4,8-9H2;2*1-3H3;1-2H3;/q2*-1;;;;+2. The van der Waals surface area contributed by atoms with Crippen LogP contribution >= 0.6 is 0 Å². The van der Waals surface area contributed by atoms with Crippen molar-refractivity contribution < 1.29 is 26.2 Å². The molecule has 0 fully saturated rings. The van der Waals surface area contributed by atoms with Gasteiger partial charge in [-0.15, -0.1) is 24.0 Å². The van der Waals surface area contributed by atoms with Crippen LogP contribution in [0, 0.1) is 12.8 Å². The molecule has 2 aromatic carbocycles. The average Bonchev–Trinajstić information content (AvgIpc) is 3.43. The molecule has 4 heteroatoms. The Kier molecular flexibility index (Phi) is 17.9. The summed E-state index contributed by atoms with van der Waals surface area (Å²) in [4.78, 5) is 0. The van der Waals surface area contributed by atoms with Crippen molar-refractivity contribution in [1.29, 1.82) is 0 Å². The van der Waals surface area contributed by atoms with Gasteiger partial charge in [-0.3, -0.25) is 0 Å². The molecule has 0 heterocycles. The third-order valence-electron chi connectivity index (χ3n) is 6.27. The maximum absolute atomic E-state index is 2.43. The number of fused-ring (bicyclic) bond motifs is 4. The molecule has 0 N–H and O–H groups in total. The van der Waals surface area contributed by atoms with E-state index in [0.29, 0.717) is 0 Å². The van der Waals surface area contributed by atoms with Gasteiger partial charge in [-0.2, -0.15) is 11.1 Å². The fraction of sp³-hybridized carbons (Fsp3) is 0.471. The number of allylic oxidation sites excluding steroid dienone is 4. The van der Waals surface area contributed by atoms with Crippen molar-refractivity contribution in [3.8, 4) is 0 Å². The summed E-state index contributed by atoms with van der Waals surface area (Å²) in [6, 6.07) is 17.7. The molecule has 4 radical (unpaired) electrons. The van der Waals surface area contributed by atoms with E-state index in [1.807, 2.05) is 0 Å². The van der Waals surface area contributed by atoms with Crippen molar-refractivity contribution in [1.82, 2.24) is 0 Å². The van der Waals surface area contributed by atoms with Crippen molar-refractivity contribution >= 4 is 38.3 Å². The van der Waals surface area contributed by atoms with Gasteiger partial charge in [-0.1, -0.05) is 138 Å². The molecule has 0 bridgehead atoms. The number of hydrogen-bond acceptors (Lipinski definition) is 0. The molecule has 0 saturated heterocycles. The third kappa shape index (κ3) is 11.7. The van der Waals surface area contributed by atoms with Crippen molar-refractivity contribution in [2.24, 2.45) is 0 Å². The number of hydrogen-bond donors (Lipinski definition) is 0. The monoisotopic (exact) mass is 632 g/mol. The smallest absolute Gasteiger partial charge is 0.226 e. The first-order chi connectivity index (χ1) is 17.8. The van der Waals surface area contributed by atoms with E-state index in [9.17, 15) is 0 Å². The van der Waals surface area contributed by atoms with E-state index in [1.165, 1.54) is 73.6 Å². The first-order valence-corrected chi connectivity index (χ1v) is 22.2. The van der Waals surface area contributed by atoms with Crippen molar-refractivity contribution in [3.05, 3.63) is 94.8 Å². The van der Waals surface area contributed by atoms with E-state index in [4.69, 9.17) is 0 Å².